The molecule has 6 heteroatoms. The summed E-state index contributed by atoms with van der Waals surface area (Å²) in [5.74, 6) is 1.04. The Bertz CT molecular complexity index is 453. The smallest absolute Gasteiger partial charge is 0.138 e. The molecule has 118 valence electrons. The van der Waals surface area contributed by atoms with Crippen LogP contribution >= 0.6 is 23.2 Å². The lowest BCUT2D eigenvalue weighted by Gasteiger charge is -2.21. The second kappa shape index (κ2) is 8.20. The first kappa shape index (κ1) is 16.8. The maximum Gasteiger partial charge on any atom is 0.138 e. The Morgan fingerprint density at radius 3 is 2.95 bits per heavy atom. The van der Waals surface area contributed by atoms with E-state index in [1.54, 1.807) is 18.2 Å². The number of ether oxygens (including phenoxy) is 2. The maximum absolute atomic E-state index is 9.96. The number of benzene rings is 1. The van der Waals surface area contributed by atoms with Gasteiger partial charge in [-0.05, 0) is 37.5 Å². The van der Waals surface area contributed by atoms with Crippen molar-refractivity contribution in [1.82, 2.24) is 5.32 Å². The molecular weight excluding hydrogens is 313 g/mol. The summed E-state index contributed by atoms with van der Waals surface area (Å²) in [5, 5.41) is 14.3. The molecule has 0 saturated carbocycles. The summed E-state index contributed by atoms with van der Waals surface area (Å²) in [6, 6.07) is 5.34. The van der Waals surface area contributed by atoms with Gasteiger partial charge in [0.15, 0.2) is 0 Å². The number of aliphatic hydroxyl groups is 1. The van der Waals surface area contributed by atoms with E-state index >= 15 is 0 Å². The van der Waals surface area contributed by atoms with Crippen LogP contribution < -0.4 is 10.1 Å². The molecule has 0 amide bonds. The highest BCUT2D eigenvalue weighted by Gasteiger charge is 2.22. The van der Waals surface area contributed by atoms with Gasteiger partial charge in [0.1, 0.15) is 18.5 Å². The van der Waals surface area contributed by atoms with Crippen LogP contribution in [0.3, 0.4) is 0 Å². The number of halogens is 2. The monoisotopic (exact) mass is 333 g/mol. The first-order valence-electron chi connectivity index (χ1n) is 7.13. The average molecular weight is 334 g/mol. The zero-order valence-electron chi connectivity index (χ0n) is 12.0. The summed E-state index contributed by atoms with van der Waals surface area (Å²) in [7, 11) is 0. The van der Waals surface area contributed by atoms with Gasteiger partial charge in [-0.15, -0.1) is 0 Å². The van der Waals surface area contributed by atoms with E-state index in [1.807, 2.05) is 0 Å². The fraction of sp³-hybridized carbons (Fsp3) is 0.600. The van der Waals surface area contributed by atoms with Crippen LogP contribution in [0.4, 0.5) is 0 Å². The molecule has 0 aromatic heterocycles. The third-order valence-electron chi connectivity index (χ3n) is 3.67. The Balaban J connectivity index is 1.70. The molecule has 2 rings (SSSR count). The molecule has 3 unspecified atom stereocenters. The van der Waals surface area contributed by atoms with E-state index in [-0.39, 0.29) is 6.61 Å². The van der Waals surface area contributed by atoms with E-state index in [9.17, 15) is 5.11 Å². The molecule has 3 atom stereocenters. The minimum atomic E-state index is -0.596. The number of hydrogen-bond donors (Lipinski definition) is 2. The predicted molar refractivity (Wildman–Crippen MR) is 84.4 cm³/mol. The minimum absolute atomic E-state index is 0.183. The predicted octanol–water partition coefficient (Wildman–Crippen LogP) is 2.75. The van der Waals surface area contributed by atoms with Crippen molar-refractivity contribution in [2.24, 2.45) is 5.92 Å². The Morgan fingerprint density at radius 1 is 1.48 bits per heavy atom. The summed E-state index contributed by atoms with van der Waals surface area (Å²) in [6.07, 6.45) is 0.475. The van der Waals surface area contributed by atoms with Gasteiger partial charge in [0.25, 0.3) is 0 Å². The first-order chi connectivity index (χ1) is 10.1. The lowest BCUT2D eigenvalue weighted by molar-refractivity contribution is 0.100. The Morgan fingerprint density at radius 2 is 2.29 bits per heavy atom. The van der Waals surface area contributed by atoms with Gasteiger partial charge < -0.3 is 19.9 Å². The molecule has 0 spiro atoms. The zero-order valence-corrected chi connectivity index (χ0v) is 13.5. The van der Waals surface area contributed by atoms with Crippen LogP contribution in [-0.4, -0.2) is 43.6 Å². The van der Waals surface area contributed by atoms with Gasteiger partial charge in [-0.2, -0.15) is 0 Å². The van der Waals surface area contributed by atoms with Gasteiger partial charge in [0.2, 0.25) is 0 Å². The van der Waals surface area contributed by atoms with Gasteiger partial charge in [-0.1, -0.05) is 23.2 Å². The quantitative estimate of drug-likeness (QED) is 0.805. The van der Waals surface area contributed by atoms with Gasteiger partial charge in [-0.3, -0.25) is 0 Å². The molecule has 1 saturated heterocycles. The molecule has 1 aliphatic rings. The summed E-state index contributed by atoms with van der Waals surface area (Å²) in [5.41, 5.74) is 0. The van der Waals surface area contributed by atoms with Crippen molar-refractivity contribution < 1.29 is 14.6 Å². The topological polar surface area (TPSA) is 50.7 Å². The summed E-state index contributed by atoms with van der Waals surface area (Å²) in [6.45, 7) is 4.40. The molecule has 2 N–H and O–H groups in total. The second-order valence-corrected chi connectivity index (χ2v) is 6.20. The fourth-order valence-corrected chi connectivity index (χ4v) is 2.74. The average Bonchev–Trinajstić information content (AvgIpc) is 2.98. The molecule has 1 heterocycles. The second-order valence-electron chi connectivity index (χ2n) is 5.36. The normalized spacial score (nSPS) is 21.2. The fourth-order valence-electron chi connectivity index (χ4n) is 2.27. The zero-order chi connectivity index (χ0) is 15.2. The summed E-state index contributed by atoms with van der Waals surface area (Å²) < 4.78 is 10.9. The van der Waals surface area contributed by atoms with Crippen LogP contribution in [0.1, 0.15) is 13.3 Å². The Kier molecular flexibility index (Phi) is 6.58. The minimum Gasteiger partial charge on any atom is -0.489 e. The lowest BCUT2D eigenvalue weighted by atomic mass is 10.0. The van der Waals surface area contributed by atoms with E-state index in [1.165, 1.54) is 0 Å². The van der Waals surface area contributed by atoms with Crippen LogP contribution in [0.2, 0.25) is 10.0 Å². The molecule has 21 heavy (non-hydrogen) atoms. The first-order valence-corrected chi connectivity index (χ1v) is 7.89. The molecule has 1 aliphatic heterocycles. The van der Waals surface area contributed by atoms with E-state index in [0.717, 1.165) is 19.6 Å². The highest BCUT2D eigenvalue weighted by Crippen LogP contribution is 2.27. The third-order valence-corrected chi connectivity index (χ3v) is 4.20. The van der Waals surface area contributed by atoms with Crippen molar-refractivity contribution in [3.63, 3.8) is 0 Å². The molecule has 1 aromatic carbocycles. The molecule has 0 aliphatic carbocycles. The van der Waals surface area contributed by atoms with Gasteiger partial charge in [0, 0.05) is 24.2 Å². The van der Waals surface area contributed by atoms with Gasteiger partial charge >= 0.3 is 0 Å². The van der Waals surface area contributed by atoms with Crippen molar-refractivity contribution in [2.45, 2.75) is 25.5 Å². The van der Waals surface area contributed by atoms with Crippen molar-refractivity contribution in [2.75, 3.05) is 26.4 Å². The molecule has 1 fully saturated rings. The van der Waals surface area contributed by atoms with Crippen molar-refractivity contribution in [3.05, 3.63) is 28.2 Å². The van der Waals surface area contributed by atoms with E-state index in [2.05, 4.69) is 12.2 Å². The van der Waals surface area contributed by atoms with Crippen LogP contribution in [0.25, 0.3) is 0 Å². The third kappa shape index (κ3) is 5.31. The van der Waals surface area contributed by atoms with Crippen molar-refractivity contribution >= 4 is 23.2 Å². The van der Waals surface area contributed by atoms with E-state index < -0.39 is 6.10 Å². The number of rotatable bonds is 7. The van der Waals surface area contributed by atoms with E-state index in [4.69, 9.17) is 32.7 Å². The number of aliphatic hydroxyl groups excluding tert-OH is 1. The van der Waals surface area contributed by atoms with Crippen molar-refractivity contribution in [3.8, 4) is 5.75 Å². The number of hydrogen-bond acceptors (Lipinski definition) is 4. The Labute approximate surface area is 135 Å². The SMILES string of the molecule is CC(NCC(O)COc1ccc(Cl)cc1Cl)C1CCOC1. The summed E-state index contributed by atoms with van der Waals surface area (Å²) >= 11 is 11.8. The molecule has 4 nitrogen and oxygen atoms in total. The largest absolute Gasteiger partial charge is 0.489 e. The molecule has 1 aromatic rings. The van der Waals surface area contributed by atoms with Crippen LogP contribution in [0.5, 0.6) is 5.75 Å². The lowest BCUT2D eigenvalue weighted by Crippen LogP contribution is -2.40. The molecular formula is C15H21Cl2NO3. The molecule has 0 radical (unpaired) electrons. The van der Waals surface area contributed by atoms with Crippen LogP contribution in [0, 0.1) is 5.92 Å². The number of nitrogens with one attached hydrogen (secondary N) is 1. The highest BCUT2D eigenvalue weighted by molar-refractivity contribution is 6.35. The van der Waals surface area contributed by atoms with E-state index in [0.29, 0.717) is 34.3 Å². The maximum atomic E-state index is 9.96. The van der Waals surface area contributed by atoms with Gasteiger partial charge in [0.05, 0.1) is 11.6 Å². The standard InChI is InChI=1S/C15H21Cl2NO3/c1-10(11-4-5-20-8-11)18-7-13(19)9-21-15-3-2-12(16)6-14(15)17/h2-3,6,10-11,13,18-19H,4-5,7-9H2,1H3. The van der Waals surface area contributed by atoms with Crippen molar-refractivity contribution in [1.29, 1.82) is 0 Å². The highest BCUT2D eigenvalue weighted by atomic mass is 35.5. The van der Waals surface area contributed by atoms with Crippen LogP contribution in [0.15, 0.2) is 18.2 Å². The summed E-state index contributed by atoms with van der Waals surface area (Å²) in [4.78, 5) is 0. The Hall–Kier alpha value is -0.520. The molecule has 0 bridgehead atoms. The van der Waals surface area contributed by atoms with Crippen LogP contribution in [-0.2, 0) is 4.74 Å². The van der Waals surface area contributed by atoms with Gasteiger partial charge in [-0.25, -0.2) is 0 Å².